The summed E-state index contributed by atoms with van der Waals surface area (Å²) >= 11 is 0. The molecule has 1 N–H and O–H groups in total. The Kier molecular flexibility index (Phi) is 5.16. The van der Waals surface area contributed by atoms with Crippen molar-refractivity contribution >= 4 is 22.6 Å². The minimum absolute atomic E-state index is 0.167. The Labute approximate surface area is 157 Å². The molecule has 0 bridgehead atoms. The Bertz CT molecular complexity index is 931. The number of nitrogens with zero attached hydrogens (tertiary/aromatic N) is 3. The topological polar surface area (TPSA) is 50.2 Å². The van der Waals surface area contributed by atoms with E-state index in [4.69, 9.17) is 0 Å². The average molecular weight is 366 g/mol. The highest BCUT2D eigenvalue weighted by molar-refractivity contribution is 5.92. The van der Waals surface area contributed by atoms with Gasteiger partial charge in [0, 0.05) is 6.54 Å². The Balaban J connectivity index is 1.27. The van der Waals surface area contributed by atoms with Gasteiger partial charge in [0.2, 0.25) is 5.91 Å². The second-order valence-corrected chi connectivity index (χ2v) is 7.13. The van der Waals surface area contributed by atoms with Crippen molar-refractivity contribution in [3.05, 3.63) is 60.7 Å². The van der Waals surface area contributed by atoms with Gasteiger partial charge in [0.15, 0.2) is 0 Å². The number of anilines is 1. The number of para-hydroxylation sites is 3. The Morgan fingerprint density at radius 3 is 2.67 bits per heavy atom. The molecule has 140 valence electrons. The highest BCUT2D eigenvalue weighted by Crippen LogP contribution is 2.22. The third-order valence-electron chi connectivity index (χ3n) is 5.20. The molecule has 0 radical (unpaired) electrons. The summed E-state index contributed by atoms with van der Waals surface area (Å²) in [5, 5.41) is 2.66. The zero-order valence-electron chi connectivity index (χ0n) is 15.1. The van der Waals surface area contributed by atoms with E-state index in [0.29, 0.717) is 12.5 Å². The van der Waals surface area contributed by atoms with Gasteiger partial charge in [-0.25, -0.2) is 9.37 Å². The Morgan fingerprint density at radius 2 is 1.85 bits per heavy atom. The maximum Gasteiger partial charge on any atom is 0.238 e. The van der Waals surface area contributed by atoms with Crippen LogP contribution >= 0.6 is 0 Å². The fourth-order valence-electron chi connectivity index (χ4n) is 3.72. The normalized spacial score (nSPS) is 15.9. The summed E-state index contributed by atoms with van der Waals surface area (Å²) in [6, 6.07) is 14.4. The molecule has 6 heteroatoms. The van der Waals surface area contributed by atoms with Crippen LogP contribution in [0.2, 0.25) is 0 Å². The lowest BCUT2D eigenvalue weighted by molar-refractivity contribution is -0.117. The molecule has 2 aromatic carbocycles. The van der Waals surface area contributed by atoms with Gasteiger partial charge in [0.25, 0.3) is 0 Å². The van der Waals surface area contributed by atoms with Crippen LogP contribution in [-0.2, 0) is 11.3 Å². The molecule has 1 fully saturated rings. The van der Waals surface area contributed by atoms with E-state index in [2.05, 4.69) is 25.8 Å². The summed E-state index contributed by atoms with van der Waals surface area (Å²) in [5.74, 6) is 0.00440. The standard InChI is InChI=1S/C21H23FN4O/c22-17-5-1-2-6-18(17)24-21(27)14-25-11-9-16(10-12-25)13-26-15-23-19-7-3-4-8-20(19)26/h1-8,15-16H,9-14H2,(H,24,27). The van der Waals surface area contributed by atoms with Gasteiger partial charge in [-0.05, 0) is 56.1 Å². The predicted octanol–water partition coefficient (Wildman–Crippen LogP) is 3.53. The van der Waals surface area contributed by atoms with Crippen LogP contribution in [0.25, 0.3) is 11.0 Å². The van der Waals surface area contributed by atoms with Crippen LogP contribution in [0.3, 0.4) is 0 Å². The van der Waals surface area contributed by atoms with E-state index in [0.717, 1.165) is 38.0 Å². The first-order valence-corrected chi connectivity index (χ1v) is 9.35. The van der Waals surface area contributed by atoms with E-state index in [9.17, 15) is 9.18 Å². The number of nitrogens with one attached hydrogen (secondary N) is 1. The SMILES string of the molecule is O=C(CN1CCC(Cn2cnc3ccccc32)CC1)Nc1ccccc1F. The first kappa shape index (κ1) is 17.7. The molecule has 0 atom stereocenters. The number of fused-ring (bicyclic) bond motifs is 1. The summed E-state index contributed by atoms with van der Waals surface area (Å²) in [5.41, 5.74) is 2.44. The fourth-order valence-corrected chi connectivity index (χ4v) is 3.72. The number of hydrogen-bond donors (Lipinski definition) is 1. The van der Waals surface area contributed by atoms with Gasteiger partial charge in [-0.2, -0.15) is 0 Å². The summed E-state index contributed by atoms with van der Waals surface area (Å²) in [6.07, 6.45) is 4.00. The summed E-state index contributed by atoms with van der Waals surface area (Å²) in [6.45, 7) is 3.01. The summed E-state index contributed by atoms with van der Waals surface area (Å²) in [4.78, 5) is 18.8. The molecule has 1 aliphatic rings. The van der Waals surface area contributed by atoms with Crippen LogP contribution in [0.15, 0.2) is 54.9 Å². The molecule has 3 aromatic rings. The van der Waals surface area contributed by atoms with Crippen LogP contribution in [0.4, 0.5) is 10.1 Å². The number of carbonyl (C=O) groups excluding carboxylic acids is 1. The predicted molar refractivity (Wildman–Crippen MR) is 104 cm³/mol. The molecule has 1 aromatic heterocycles. The first-order chi connectivity index (χ1) is 13.2. The van der Waals surface area contributed by atoms with E-state index in [1.54, 1.807) is 18.2 Å². The molecule has 2 heterocycles. The number of piperidine rings is 1. The number of carbonyl (C=O) groups is 1. The lowest BCUT2D eigenvalue weighted by Crippen LogP contribution is -2.40. The quantitative estimate of drug-likeness (QED) is 0.752. The number of benzene rings is 2. The molecule has 1 saturated heterocycles. The van der Waals surface area contributed by atoms with Crippen molar-refractivity contribution in [2.24, 2.45) is 5.92 Å². The van der Waals surface area contributed by atoms with Crippen molar-refractivity contribution in [3.8, 4) is 0 Å². The van der Waals surface area contributed by atoms with Gasteiger partial charge < -0.3 is 9.88 Å². The number of amides is 1. The van der Waals surface area contributed by atoms with E-state index in [-0.39, 0.29) is 11.6 Å². The molecule has 4 rings (SSSR count). The molecule has 1 aliphatic heterocycles. The molecular weight excluding hydrogens is 343 g/mol. The molecule has 27 heavy (non-hydrogen) atoms. The number of halogens is 1. The zero-order chi connectivity index (χ0) is 18.6. The Morgan fingerprint density at radius 1 is 1.11 bits per heavy atom. The summed E-state index contributed by atoms with van der Waals surface area (Å²) < 4.78 is 15.9. The maximum atomic E-state index is 13.6. The van der Waals surface area contributed by atoms with Gasteiger partial charge in [-0.15, -0.1) is 0 Å². The smallest absolute Gasteiger partial charge is 0.238 e. The number of imidazole rings is 1. The molecule has 0 unspecified atom stereocenters. The van der Waals surface area contributed by atoms with Crippen molar-refractivity contribution in [3.63, 3.8) is 0 Å². The molecule has 0 spiro atoms. The van der Waals surface area contributed by atoms with E-state index in [1.165, 1.54) is 11.6 Å². The largest absolute Gasteiger partial charge is 0.330 e. The minimum Gasteiger partial charge on any atom is -0.330 e. The van der Waals surface area contributed by atoms with Gasteiger partial charge in [0.1, 0.15) is 5.82 Å². The minimum atomic E-state index is -0.405. The van der Waals surface area contributed by atoms with Gasteiger partial charge in [-0.3, -0.25) is 9.69 Å². The van der Waals surface area contributed by atoms with E-state index >= 15 is 0 Å². The number of aromatic nitrogens is 2. The van der Waals surface area contributed by atoms with Crippen molar-refractivity contribution < 1.29 is 9.18 Å². The Hall–Kier alpha value is -2.73. The fraction of sp³-hybridized carbons (Fsp3) is 0.333. The van der Waals surface area contributed by atoms with Crippen LogP contribution in [0.5, 0.6) is 0 Å². The highest BCUT2D eigenvalue weighted by Gasteiger charge is 2.22. The van der Waals surface area contributed by atoms with Gasteiger partial charge >= 0.3 is 0 Å². The molecule has 5 nitrogen and oxygen atoms in total. The third-order valence-corrected chi connectivity index (χ3v) is 5.20. The van der Waals surface area contributed by atoms with Crippen LogP contribution in [0.1, 0.15) is 12.8 Å². The molecule has 0 aliphatic carbocycles. The lowest BCUT2D eigenvalue weighted by atomic mass is 9.96. The van der Waals surface area contributed by atoms with Crippen LogP contribution < -0.4 is 5.32 Å². The molecule has 0 saturated carbocycles. The van der Waals surface area contributed by atoms with Crippen LogP contribution in [-0.4, -0.2) is 40.0 Å². The van der Waals surface area contributed by atoms with Crippen molar-refractivity contribution in [1.29, 1.82) is 0 Å². The monoisotopic (exact) mass is 366 g/mol. The zero-order valence-corrected chi connectivity index (χ0v) is 15.1. The van der Waals surface area contributed by atoms with Crippen molar-refractivity contribution in [2.45, 2.75) is 19.4 Å². The van der Waals surface area contributed by atoms with Crippen LogP contribution in [0, 0.1) is 11.7 Å². The van der Waals surface area contributed by atoms with Gasteiger partial charge in [-0.1, -0.05) is 24.3 Å². The van der Waals surface area contributed by atoms with Gasteiger partial charge in [0.05, 0.1) is 29.6 Å². The number of rotatable bonds is 5. The molecular formula is C21H23FN4O. The highest BCUT2D eigenvalue weighted by atomic mass is 19.1. The van der Waals surface area contributed by atoms with Crippen molar-refractivity contribution in [1.82, 2.24) is 14.5 Å². The first-order valence-electron chi connectivity index (χ1n) is 9.35. The second-order valence-electron chi connectivity index (χ2n) is 7.13. The second kappa shape index (κ2) is 7.88. The maximum absolute atomic E-state index is 13.6. The molecule has 1 amide bonds. The average Bonchev–Trinajstić information content (AvgIpc) is 3.08. The lowest BCUT2D eigenvalue weighted by Gasteiger charge is -2.31. The van der Waals surface area contributed by atoms with Crippen molar-refractivity contribution in [2.75, 3.05) is 25.0 Å². The number of likely N-dealkylation sites (tertiary alicyclic amines) is 1. The third kappa shape index (κ3) is 4.17. The van der Waals surface area contributed by atoms with E-state index < -0.39 is 5.82 Å². The van der Waals surface area contributed by atoms with E-state index in [1.807, 2.05) is 24.5 Å². The number of hydrogen-bond acceptors (Lipinski definition) is 3. The summed E-state index contributed by atoms with van der Waals surface area (Å²) in [7, 11) is 0.